The third kappa shape index (κ3) is 3.18. The summed E-state index contributed by atoms with van der Waals surface area (Å²) in [5.41, 5.74) is 6.65. The first-order chi connectivity index (χ1) is 11.1. The fourth-order valence-electron chi connectivity index (χ4n) is 2.34. The molecule has 2 heterocycles. The summed E-state index contributed by atoms with van der Waals surface area (Å²) in [5.74, 6) is 1.52. The largest absolute Gasteiger partial charge is 0.486 e. The smallest absolute Gasteiger partial charge is 0.263 e. The lowest BCUT2D eigenvalue weighted by Gasteiger charge is -2.22. The Bertz CT molecular complexity index is 714. The molecule has 1 atom stereocenters. The first-order valence-electron chi connectivity index (χ1n) is 7.57. The lowest BCUT2D eigenvalue weighted by atomic mass is 10.1. The molecule has 0 saturated heterocycles. The molecule has 2 N–H and O–H groups in total. The van der Waals surface area contributed by atoms with Crippen LogP contribution in [0.5, 0.6) is 11.5 Å². The highest BCUT2D eigenvalue weighted by Gasteiger charge is 2.19. The molecule has 0 radical (unpaired) electrons. The Hall–Kier alpha value is -2.05. The van der Waals surface area contributed by atoms with Crippen LogP contribution < -0.4 is 15.2 Å². The second kappa shape index (κ2) is 6.60. The Labute approximate surface area is 139 Å². The van der Waals surface area contributed by atoms with E-state index in [1.165, 1.54) is 11.3 Å². The van der Waals surface area contributed by atoms with Crippen molar-refractivity contribution in [2.24, 2.45) is 5.73 Å². The van der Waals surface area contributed by atoms with Crippen LogP contribution >= 0.6 is 11.3 Å². The normalized spacial score (nSPS) is 14.4. The quantitative estimate of drug-likeness (QED) is 0.935. The summed E-state index contributed by atoms with van der Waals surface area (Å²) in [5, 5.41) is 0. The van der Waals surface area contributed by atoms with Gasteiger partial charge in [0.05, 0.1) is 4.88 Å². The minimum absolute atomic E-state index is 0.00302. The Balaban J connectivity index is 1.83. The Morgan fingerprint density at radius 3 is 2.74 bits per heavy atom. The van der Waals surface area contributed by atoms with Crippen molar-refractivity contribution in [3.8, 4) is 21.9 Å². The van der Waals surface area contributed by atoms with Crippen LogP contribution in [-0.4, -0.2) is 43.7 Å². The summed E-state index contributed by atoms with van der Waals surface area (Å²) < 4.78 is 11.1. The van der Waals surface area contributed by atoms with E-state index in [0.717, 1.165) is 21.9 Å². The number of amides is 1. The lowest BCUT2D eigenvalue weighted by Crippen LogP contribution is -2.39. The van der Waals surface area contributed by atoms with Crippen molar-refractivity contribution < 1.29 is 14.3 Å². The molecule has 2 aromatic rings. The molecule has 1 aromatic carbocycles. The van der Waals surface area contributed by atoms with Gasteiger partial charge in [0, 0.05) is 24.5 Å². The van der Waals surface area contributed by atoms with E-state index in [9.17, 15) is 4.79 Å². The second-order valence-electron chi connectivity index (χ2n) is 5.52. The van der Waals surface area contributed by atoms with Crippen molar-refractivity contribution in [1.82, 2.24) is 4.90 Å². The van der Waals surface area contributed by atoms with Crippen LogP contribution in [0.1, 0.15) is 16.6 Å². The molecule has 5 nitrogen and oxygen atoms in total. The van der Waals surface area contributed by atoms with Gasteiger partial charge in [-0.3, -0.25) is 4.79 Å². The van der Waals surface area contributed by atoms with Crippen molar-refractivity contribution in [2.75, 3.05) is 26.8 Å². The first-order valence-corrected chi connectivity index (χ1v) is 8.39. The summed E-state index contributed by atoms with van der Waals surface area (Å²) in [7, 11) is 1.78. The number of hydrogen-bond acceptors (Lipinski definition) is 5. The van der Waals surface area contributed by atoms with Gasteiger partial charge in [0.15, 0.2) is 11.5 Å². The summed E-state index contributed by atoms with van der Waals surface area (Å²) in [6.45, 7) is 3.53. The molecule has 0 saturated carbocycles. The molecular weight excluding hydrogens is 312 g/mol. The SMILES string of the molecule is CC(CN)N(C)C(=O)c1ccc(-c2ccc3c(c2)OCCO3)s1. The van der Waals surface area contributed by atoms with E-state index in [-0.39, 0.29) is 11.9 Å². The number of hydrogen-bond donors (Lipinski definition) is 1. The standard InChI is InChI=1S/C17H20N2O3S/c1-11(10-18)19(2)17(20)16-6-5-15(23-16)12-3-4-13-14(9-12)22-8-7-21-13/h3-6,9,11H,7-8,10,18H2,1-2H3. The van der Waals surface area contributed by atoms with Crippen molar-refractivity contribution in [3.63, 3.8) is 0 Å². The first kappa shape index (κ1) is 15.8. The molecule has 6 heteroatoms. The monoisotopic (exact) mass is 332 g/mol. The van der Waals surface area contributed by atoms with E-state index in [0.29, 0.717) is 24.6 Å². The van der Waals surface area contributed by atoms with Gasteiger partial charge in [-0.25, -0.2) is 0 Å². The highest BCUT2D eigenvalue weighted by molar-refractivity contribution is 7.17. The van der Waals surface area contributed by atoms with E-state index in [1.807, 2.05) is 37.3 Å². The van der Waals surface area contributed by atoms with Crippen LogP contribution in [0, 0.1) is 0 Å². The number of carbonyl (C=O) groups is 1. The van der Waals surface area contributed by atoms with Gasteiger partial charge in [-0.2, -0.15) is 0 Å². The van der Waals surface area contributed by atoms with E-state index in [4.69, 9.17) is 15.2 Å². The molecule has 1 aromatic heterocycles. The van der Waals surface area contributed by atoms with Crippen molar-refractivity contribution in [2.45, 2.75) is 13.0 Å². The number of nitrogens with zero attached hydrogens (tertiary/aromatic N) is 1. The van der Waals surface area contributed by atoms with Crippen LogP contribution in [0.4, 0.5) is 0 Å². The van der Waals surface area contributed by atoms with E-state index in [2.05, 4.69) is 0 Å². The van der Waals surface area contributed by atoms with Gasteiger partial charge in [0.2, 0.25) is 0 Å². The molecule has 0 spiro atoms. The maximum atomic E-state index is 12.5. The zero-order chi connectivity index (χ0) is 16.4. The van der Waals surface area contributed by atoms with Gasteiger partial charge in [-0.15, -0.1) is 11.3 Å². The van der Waals surface area contributed by atoms with Crippen LogP contribution in [0.2, 0.25) is 0 Å². The molecule has 1 aliphatic heterocycles. The third-order valence-corrected chi connectivity index (χ3v) is 5.09. The van der Waals surface area contributed by atoms with Crippen LogP contribution in [0.15, 0.2) is 30.3 Å². The highest BCUT2D eigenvalue weighted by atomic mass is 32.1. The number of benzene rings is 1. The van der Waals surface area contributed by atoms with Crippen LogP contribution in [0.3, 0.4) is 0 Å². The highest BCUT2D eigenvalue weighted by Crippen LogP contribution is 2.37. The maximum absolute atomic E-state index is 12.5. The molecule has 1 amide bonds. The summed E-state index contributed by atoms with van der Waals surface area (Å²) in [4.78, 5) is 15.9. The zero-order valence-corrected chi connectivity index (χ0v) is 14.1. The molecule has 23 heavy (non-hydrogen) atoms. The Morgan fingerprint density at radius 1 is 1.26 bits per heavy atom. The number of fused-ring (bicyclic) bond motifs is 1. The van der Waals surface area contributed by atoms with Gasteiger partial charge in [0.1, 0.15) is 13.2 Å². The minimum Gasteiger partial charge on any atom is -0.486 e. The molecule has 122 valence electrons. The molecule has 0 aliphatic carbocycles. The van der Waals surface area contributed by atoms with E-state index >= 15 is 0 Å². The van der Waals surface area contributed by atoms with Crippen molar-refractivity contribution >= 4 is 17.2 Å². The summed E-state index contributed by atoms with van der Waals surface area (Å²) in [6, 6.07) is 9.69. The second-order valence-corrected chi connectivity index (χ2v) is 6.61. The fourth-order valence-corrected chi connectivity index (χ4v) is 3.32. The average Bonchev–Trinajstić information content (AvgIpc) is 3.09. The number of carbonyl (C=O) groups excluding carboxylic acids is 1. The predicted octanol–water partition coefficient (Wildman–Crippen LogP) is 2.61. The average molecular weight is 332 g/mol. The molecule has 0 fully saturated rings. The molecule has 0 bridgehead atoms. The topological polar surface area (TPSA) is 64.8 Å². The van der Waals surface area contributed by atoms with Gasteiger partial charge in [0.25, 0.3) is 5.91 Å². The fraction of sp³-hybridized carbons (Fsp3) is 0.353. The number of ether oxygens (including phenoxy) is 2. The molecule has 1 unspecified atom stereocenters. The van der Waals surface area contributed by atoms with Gasteiger partial charge >= 0.3 is 0 Å². The predicted molar refractivity (Wildman–Crippen MR) is 91.4 cm³/mol. The lowest BCUT2D eigenvalue weighted by molar-refractivity contribution is 0.0753. The number of likely N-dealkylation sites (N-methyl/N-ethyl adjacent to an activating group) is 1. The van der Waals surface area contributed by atoms with Gasteiger partial charge < -0.3 is 20.1 Å². The molecular formula is C17H20N2O3S. The number of rotatable bonds is 4. The maximum Gasteiger partial charge on any atom is 0.263 e. The Morgan fingerprint density at radius 2 is 2.00 bits per heavy atom. The van der Waals surface area contributed by atoms with Gasteiger partial charge in [-0.05, 0) is 42.8 Å². The zero-order valence-electron chi connectivity index (χ0n) is 13.2. The summed E-state index contributed by atoms with van der Waals surface area (Å²) >= 11 is 1.47. The minimum atomic E-state index is -0.00302. The number of thiophene rings is 1. The van der Waals surface area contributed by atoms with Gasteiger partial charge in [-0.1, -0.05) is 0 Å². The summed E-state index contributed by atoms with van der Waals surface area (Å²) in [6.07, 6.45) is 0. The third-order valence-electron chi connectivity index (χ3n) is 3.97. The number of nitrogens with two attached hydrogens (primary N) is 1. The molecule has 1 aliphatic rings. The molecule has 3 rings (SSSR count). The van der Waals surface area contributed by atoms with E-state index < -0.39 is 0 Å². The van der Waals surface area contributed by atoms with Crippen molar-refractivity contribution in [1.29, 1.82) is 0 Å². The van der Waals surface area contributed by atoms with E-state index in [1.54, 1.807) is 11.9 Å². The van der Waals surface area contributed by atoms with Crippen LogP contribution in [0.25, 0.3) is 10.4 Å². The van der Waals surface area contributed by atoms with Crippen LogP contribution in [-0.2, 0) is 0 Å². The Kier molecular flexibility index (Phi) is 4.54. The van der Waals surface area contributed by atoms with Crippen molar-refractivity contribution in [3.05, 3.63) is 35.2 Å².